The van der Waals surface area contributed by atoms with Crippen LogP contribution in [0.15, 0.2) is 24.3 Å². The summed E-state index contributed by atoms with van der Waals surface area (Å²) < 4.78 is 5.34. The van der Waals surface area contributed by atoms with Gasteiger partial charge in [-0.05, 0) is 25.5 Å². The number of carboxylic acid groups (broad SMARTS) is 1. The maximum absolute atomic E-state index is 11.4. The van der Waals surface area contributed by atoms with Gasteiger partial charge in [0.15, 0.2) is 0 Å². The van der Waals surface area contributed by atoms with Crippen LogP contribution in [-0.2, 0) is 11.3 Å². The predicted octanol–water partition coefficient (Wildman–Crippen LogP) is 2.52. The van der Waals surface area contributed by atoms with Crippen LogP contribution in [0, 0.1) is 0 Å². The normalized spacial score (nSPS) is 20.8. The van der Waals surface area contributed by atoms with Crippen LogP contribution in [-0.4, -0.2) is 35.7 Å². The summed E-state index contributed by atoms with van der Waals surface area (Å²) >= 11 is 0. The number of carbonyl (C=O) groups is 1. The number of ether oxygens (including phenoxy) is 1. The highest BCUT2D eigenvalue weighted by Crippen LogP contribution is 2.24. The Bertz CT molecular complexity index is 433. The van der Waals surface area contributed by atoms with Crippen LogP contribution < -0.4 is 4.74 Å². The van der Waals surface area contributed by atoms with Gasteiger partial charge in [-0.2, -0.15) is 0 Å². The second-order valence-electron chi connectivity index (χ2n) is 4.99. The molecular formula is C15H21NO3. The lowest BCUT2D eigenvalue weighted by molar-refractivity contribution is -0.143. The molecule has 1 fully saturated rings. The average molecular weight is 263 g/mol. The minimum absolute atomic E-state index is 0.368. The molecule has 0 radical (unpaired) electrons. The van der Waals surface area contributed by atoms with Crippen LogP contribution in [0.4, 0.5) is 0 Å². The van der Waals surface area contributed by atoms with E-state index in [1.165, 1.54) is 0 Å². The maximum atomic E-state index is 11.4. The highest BCUT2D eigenvalue weighted by atomic mass is 16.5. The molecule has 0 spiro atoms. The zero-order valence-electron chi connectivity index (χ0n) is 11.3. The van der Waals surface area contributed by atoms with Crippen molar-refractivity contribution in [1.82, 2.24) is 4.90 Å². The van der Waals surface area contributed by atoms with E-state index in [-0.39, 0.29) is 6.04 Å². The summed E-state index contributed by atoms with van der Waals surface area (Å²) in [6.45, 7) is 1.48. The number of benzene rings is 1. The first kappa shape index (κ1) is 13.9. The number of carboxylic acids is 1. The fourth-order valence-electron chi connectivity index (χ4n) is 2.69. The third kappa shape index (κ3) is 3.47. The van der Waals surface area contributed by atoms with E-state index in [0.29, 0.717) is 6.54 Å². The molecule has 2 rings (SSSR count). The van der Waals surface area contributed by atoms with Crippen LogP contribution in [0.25, 0.3) is 0 Å². The summed E-state index contributed by atoms with van der Waals surface area (Å²) in [4.78, 5) is 13.5. The molecule has 1 aromatic carbocycles. The molecule has 1 aliphatic rings. The Hall–Kier alpha value is -1.55. The van der Waals surface area contributed by atoms with Gasteiger partial charge >= 0.3 is 5.97 Å². The lowest BCUT2D eigenvalue weighted by Crippen LogP contribution is -2.40. The maximum Gasteiger partial charge on any atom is 0.320 e. The van der Waals surface area contributed by atoms with Crippen LogP contribution in [0.3, 0.4) is 0 Å². The van der Waals surface area contributed by atoms with E-state index in [0.717, 1.165) is 43.5 Å². The molecule has 1 atom stereocenters. The van der Waals surface area contributed by atoms with Crippen molar-refractivity contribution in [2.45, 2.75) is 38.3 Å². The number of para-hydroxylation sites is 1. The van der Waals surface area contributed by atoms with Gasteiger partial charge in [-0.15, -0.1) is 0 Å². The van der Waals surface area contributed by atoms with Crippen molar-refractivity contribution in [1.29, 1.82) is 0 Å². The third-order valence-corrected chi connectivity index (χ3v) is 3.71. The SMILES string of the molecule is COc1ccccc1CN1CCCCCC1C(=O)O. The molecule has 0 aliphatic carbocycles. The minimum Gasteiger partial charge on any atom is -0.496 e. The molecule has 0 saturated carbocycles. The lowest BCUT2D eigenvalue weighted by atomic mass is 10.1. The van der Waals surface area contributed by atoms with Gasteiger partial charge in [0, 0.05) is 12.1 Å². The lowest BCUT2D eigenvalue weighted by Gasteiger charge is -2.27. The zero-order valence-corrected chi connectivity index (χ0v) is 11.3. The summed E-state index contributed by atoms with van der Waals surface area (Å²) in [7, 11) is 1.65. The van der Waals surface area contributed by atoms with Crippen molar-refractivity contribution in [2.75, 3.05) is 13.7 Å². The van der Waals surface area contributed by atoms with Crippen molar-refractivity contribution >= 4 is 5.97 Å². The quantitative estimate of drug-likeness (QED) is 0.907. The smallest absolute Gasteiger partial charge is 0.320 e. The second kappa shape index (κ2) is 6.57. The van der Waals surface area contributed by atoms with Gasteiger partial charge in [-0.3, -0.25) is 9.69 Å². The van der Waals surface area contributed by atoms with E-state index in [9.17, 15) is 9.90 Å². The fraction of sp³-hybridized carbons (Fsp3) is 0.533. The number of aliphatic carboxylic acids is 1. The van der Waals surface area contributed by atoms with Gasteiger partial charge in [0.05, 0.1) is 7.11 Å². The summed E-state index contributed by atoms with van der Waals surface area (Å²) in [5, 5.41) is 9.37. The molecule has 104 valence electrons. The molecule has 1 aromatic rings. The number of hydrogen-bond donors (Lipinski definition) is 1. The highest BCUT2D eigenvalue weighted by molar-refractivity contribution is 5.73. The molecule has 0 bridgehead atoms. The Labute approximate surface area is 114 Å². The molecular weight excluding hydrogens is 242 g/mol. The summed E-state index contributed by atoms with van der Waals surface area (Å²) in [5.74, 6) is 0.118. The van der Waals surface area contributed by atoms with E-state index < -0.39 is 5.97 Å². The largest absolute Gasteiger partial charge is 0.496 e. The average Bonchev–Trinajstić information content (AvgIpc) is 2.65. The van der Waals surface area contributed by atoms with Crippen molar-refractivity contribution in [3.05, 3.63) is 29.8 Å². The molecule has 1 heterocycles. The van der Waals surface area contributed by atoms with E-state index in [4.69, 9.17) is 4.74 Å². The van der Waals surface area contributed by atoms with Crippen LogP contribution in [0.1, 0.15) is 31.2 Å². The van der Waals surface area contributed by atoms with Crippen molar-refractivity contribution in [3.63, 3.8) is 0 Å². The second-order valence-corrected chi connectivity index (χ2v) is 4.99. The first-order chi connectivity index (χ1) is 9.22. The van der Waals surface area contributed by atoms with Gasteiger partial charge < -0.3 is 9.84 Å². The molecule has 4 nitrogen and oxygen atoms in total. The monoisotopic (exact) mass is 263 g/mol. The molecule has 19 heavy (non-hydrogen) atoms. The third-order valence-electron chi connectivity index (χ3n) is 3.71. The summed E-state index contributed by atoms with van der Waals surface area (Å²) in [6.07, 6.45) is 3.93. The van der Waals surface area contributed by atoms with E-state index in [1.54, 1.807) is 7.11 Å². The van der Waals surface area contributed by atoms with Crippen molar-refractivity contribution in [2.24, 2.45) is 0 Å². The molecule has 1 N–H and O–H groups in total. The van der Waals surface area contributed by atoms with Crippen LogP contribution in [0.5, 0.6) is 5.75 Å². The summed E-state index contributed by atoms with van der Waals surface area (Å²) in [5.41, 5.74) is 1.05. The van der Waals surface area contributed by atoms with Gasteiger partial charge in [0.2, 0.25) is 0 Å². The molecule has 0 amide bonds. The van der Waals surface area contributed by atoms with E-state index in [2.05, 4.69) is 4.90 Å². The number of hydrogen-bond acceptors (Lipinski definition) is 3. The van der Waals surface area contributed by atoms with Gasteiger partial charge in [0.25, 0.3) is 0 Å². The predicted molar refractivity (Wildman–Crippen MR) is 73.3 cm³/mol. The van der Waals surface area contributed by atoms with Crippen LogP contribution >= 0.6 is 0 Å². The van der Waals surface area contributed by atoms with Crippen molar-refractivity contribution in [3.8, 4) is 5.75 Å². The number of likely N-dealkylation sites (tertiary alicyclic amines) is 1. The van der Waals surface area contributed by atoms with Gasteiger partial charge in [-0.1, -0.05) is 31.0 Å². The Morgan fingerprint density at radius 1 is 1.37 bits per heavy atom. The van der Waals surface area contributed by atoms with Crippen molar-refractivity contribution < 1.29 is 14.6 Å². The standard InChI is InChI=1S/C15H21NO3/c1-19-14-9-5-4-7-12(14)11-16-10-6-2-3-8-13(16)15(17)18/h4-5,7,9,13H,2-3,6,8,10-11H2,1H3,(H,17,18). The number of methoxy groups -OCH3 is 1. The van der Waals surface area contributed by atoms with Gasteiger partial charge in [-0.25, -0.2) is 0 Å². The molecule has 4 heteroatoms. The molecule has 0 aromatic heterocycles. The topological polar surface area (TPSA) is 49.8 Å². The molecule has 1 saturated heterocycles. The summed E-state index contributed by atoms with van der Waals surface area (Å²) in [6, 6.07) is 7.45. The first-order valence-electron chi connectivity index (χ1n) is 6.81. The molecule has 1 aliphatic heterocycles. The van der Waals surface area contributed by atoms with E-state index >= 15 is 0 Å². The Balaban J connectivity index is 2.16. The van der Waals surface area contributed by atoms with Gasteiger partial charge in [0.1, 0.15) is 11.8 Å². The molecule has 1 unspecified atom stereocenters. The zero-order chi connectivity index (χ0) is 13.7. The Morgan fingerprint density at radius 3 is 2.89 bits per heavy atom. The Kier molecular flexibility index (Phi) is 4.80. The first-order valence-corrected chi connectivity index (χ1v) is 6.81. The number of rotatable bonds is 4. The van der Waals surface area contributed by atoms with Crippen LogP contribution in [0.2, 0.25) is 0 Å². The Morgan fingerprint density at radius 2 is 2.16 bits per heavy atom. The number of nitrogens with zero attached hydrogens (tertiary/aromatic N) is 1. The minimum atomic E-state index is -0.711. The highest BCUT2D eigenvalue weighted by Gasteiger charge is 2.27. The fourth-order valence-corrected chi connectivity index (χ4v) is 2.69. The van der Waals surface area contributed by atoms with E-state index in [1.807, 2.05) is 24.3 Å².